The van der Waals surface area contributed by atoms with Gasteiger partial charge in [-0.3, -0.25) is 4.90 Å². The fraction of sp³-hybridized carbons (Fsp3) is 0.350. The summed E-state index contributed by atoms with van der Waals surface area (Å²) in [5.41, 5.74) is 1.40. The number of carbonyl (C=O) groups is 1. The van der Waals surface area contributed by atoms with Crippen molar-refractivity contribution in [3.05, 3.63) is 59.9 Å². The van der Waals surface area contributed by atoms with Crippen molar-refractivity contribution in [3.8, 4) is 5.75 Å². The number of piperidine rings is 1. The number of hydrogen-bond donors (Lipinski definition) is 2. The summed E-state index contributed by atoms with van der Waals surface area (Å²) in [6.07, 6.45) is 1.89. The van der Waals surface area contributed by atoms with Gasteiger partial charge in [-0.05, 0) is 49.7 Å². The van der Waals surface area contributed by atoms with Gasteiger partial charge in [0, 0.05) is 30.4 Å². The van der Waals surface area contributed by atoms with Crippen LogP contribution in [-0.2, 0) is 6.54 Å². The summed E-state index contributed by atoms with van der Waals surface area (Å²) >= 11 is 0. The molecule has 1 heterocycles. The van der Waals surface area contributed by atoms with Gasteiger partial charge in [0.15, 0.2) is 0 Å². The molecule has 1 aliphatic heterocycles. The number of rotatable bonds is 5. The van der Waals surface area contributed by atoms with Gasteiger partial charge in [0.1, 0.15) is 11.6 Å². The van der Waals surface area contributed by atoms with Crippen LogP contribution >= 0.6 is 0 Å². The number of hydrogen-bond acceptors (Lipinski definition) is 3. The Balaban J connectivity index is 1.51. The smallest absolute Gasteiger partial charge is 0.319 e. The first kappa shape index (κ1) is 18.2. The minimum atomic E-state index is -0.229. The number of anilines is 1. The molecule has 0 spiro atoms. The Labute approximate surface area is 153 Å². The van der Waals surface area contributed by atoms with E-state index in [4.69, 9.17) is 4.74 Å². The quantitative estimate of drug-likeness (QED) is 0.859. The van der Waals surface area contributed by atoms with Gasteiger partial charge in [-0.15, -0.1) is 0 Å². The number of likely N-dealkylation sites (tertiary alicyclic amines) is 1. The van der Waals surface area contributed by atoms with Gasteiger partial charge in [0.2, 0.25) is 0 Å². The molecule has 2 aromatic rings. The minimum absolute atomic E-state index is 0.0498. The lowest BCUT2D eigenvalue weighted by molar-refractivity contribution is 0.182. The monoisotopic (exact) mass is 357 g/mol. The Kier molecular flexibility index (Phi) is 6.07. The maximum absolute atomic E-state index is 13.8. The molecular formula is C20H24FN3O2. The summed E-state index contributed by atoms with van der Waals surface area (Å²) in [7, 11) is 1.60. The van der Waals surface area contributed by atoms with E-state index >= 15 is 0 Å². The third kappa shape index (κ3) is 4.95. The highest BCUT2D eigenvalue weighted by molar-refractivity contribution is 5.89. The average molecular weight is 357 g/mol. The number of nitrogens with one attached hydrogen (secondary N) is 2. The van der Waals surface area contributed by atoms with E-state index in [2.05, 4.69) is 15.5 Å². The number of nitrogens with zero attached hydrogens (tertiary/aromatic N) is 1. The number of methoxy groups -OCH3 is 1. The van der Waals surface area contributed by atoms with Crippen LogP contribution in [0.2, 0.25) is 0 Å². The van der Waals surface area contributed by atoms with Crippen molar-refractivity contribution in [2.45, 2.75) is 25.4 Å². The zero-order chi connectivity index (χ0) is 18.4. The van der Waals surface area contributed by atoms with E-state index < -0.39 is 0 Å². The fourth-order valence-corrected chi connectivity index (χ4v) is 3.21. The first-order chi connectivity index (χ1) is 12.6. The molecule has 138 valence electrons. The van der Waals surface area contributed by atoms with E-state index in [-0.39, 0.29) is 17.9 Å². The standard InChI is InChI=1S/C20H24FN3O2/c1-26-18-10-8-16(9-11-18)22-20(25)23-17-6-4-12-24(14-17)13-15-5-2-3-7-19(15)21/h2-3,5,7-11,17H,4,6,12-14H2,1H3,(H2,22,23,25)/t17-/m0/s1. The molecule has 5 nitrogen and oxygen atoms in total. The predicted octanol–water partition coefficient (Wildman–Crippen LogP) is 3.62. The van der Waals surface area contributed by atoms with Crippen molar-refractivity contribution in [2.24, 2.45) is 0 Å². The number of amides is 2. The molecule has 6 heteroatoms. The van der Waals surface area contributed by atoms with Gasteiger partial charge in [-0.25, -0.2) is 9.18 Å². The summed E-state index contributed by atoms with van der Waals surface area (Å²) in [4.78, 5) is 14.4. The molecule has 3 rings (SSSR count). The van der Waals surface area contributed by atoms with Gasteiger partial charge < -0.3 is 15.4 Å². The molecule has 1 aliphatic rings. The maximum atomic E-state index is 13.8. The second kappa shape index (κ2) is 8.67. The molecule has 2 aromatic carbocycles. The molecule has 0 unspecified atom stereocenters. The minimum Gasteiger partial charge on any atom is -0.497 e. The summed E-state index contributed by atoms with van der Waals surface area (Å²) in [5, 5.41) is 5.84. The largest absolute Gasteiger partial charge is 0.497 e. The van der Waals surface area contributed by atoms with Crippen molar-refractivity contribution < 1.29 is 13.9 Å². The Morgan fingerprint density at radius 2 is 2.00 bits per heavy atom. The van der Waals surface area contributed by atoms with Gasteiger partial charge in [-0.2, -0.15) is 0 Å². The van der Waals surface area contributed by atoms with Crippen LogP contribution in [0.25, 0.3) is 0 Å². The Bertz CT molecular complexity index is 736. The number of benzene rings is 2. The highest BCUT2D eigenvalue weighted by Gasteiger charge is 2.22. The van der Waals surface area contributed by atoms with Crippen LogP contribution < -0.4 is 15.4 Å². The molecule has 0 saturated carbocycles. The zero-order valence-corrected chi connectivity index (χ0v) is 14.9. The molecule has 1 atom stereocenters. The highest BCUT2D eigenvalue weighted by Crippen LogP contribution is 2.17. The molecule has 2 N–H and O–H groups in total. The summed E-state index contributed by atoms with van der Waals surface area (Å²) in [5.74, 6) is 0.562. The number of urea groups is 1. The summed E-state index contributed by atoms with van der Waals surface area (Å²) < 4.78 is 18.9. The van der Waals surface area contributed by atoms with Crippen molar-refractivity contribution in [1.82, 2.24) is 10.2 Å². The number of halogens is 1. The first-order valence-electron chi connectivity index (χ1n) is 8.81. The van der Waals surface area contributed by atoms with Crippen molar-refractivity contribution in [2.75, 3.05) is 25.5 Å². The van der Waals surface area contributed by atoms with E-state index in [9.17, 15) is 9.18 Å². The van der Waals surface area contributed by atoms with E-state index in [0.717, 1.165) is 25.1 Å². The van der Waals surface area contributed by atoms with Crippen LogP contribution in [0.1, 0.15) is 18.4 Å². The molecule has 1 saturated heterocycles. The molecule has 0 bridgehead atoms. The molecular weight excluding hydrogens is 333 g/mol. The fourth-order valence-electron chi connectivity index (χ4n) is 3.21. The van der Waals surface area contributed by atoms with Crippen molar-refractivity contribution in [3.63, 3.8) is 0 Å². The lowest BCUT2D eigenvalue weighted by Gasteiger charge is -2.33. The van der Waals surface area contributed by atoms with Crippen molar-refractivity contribution >= 4 is 11.7 Å². The molecule has 1 fully saturated rings. The second-order valence-corrected chi connectivity index (χ2v) is 6.49. The SMILES string of the molecule is COc1ccc(NC(=O)N[C@H]2CCCN(Cc3ccccc3F)C2)cc1. The second-order valence-electron chi connectivity index (χ2n) is 6.49. The van der Waals surface area contributed by atoms with Crippen LogP contribution in [0.4, 0.5) is 14.9 Å². The van der Waals surface area contributed by atoms with Crippen LogP contribution in [0.15, 0.2) is 48.5 Å². The normalized spacial score (nSPS) is 17.5. The van der Waals surface area contributed by atoms with E-state index in [1.165, 1.54) is 6.07 Å². The molecule has 0 radical (unpaired) electrons. The molecule has 0 aromatic heterocycles. The predicted molar refractivity (Wildman–Crippen MR) is 99.8 cm³/mol. The maximum Gasteiger partial charge on any atom is 0.319 e. The van der Waals surface area contributed by atoms with Gasteiger partial charge in [0.05, 0.1) is 7.11 Å². The van der Waals surface area contributed by atoms with Gasteiger partial charge >= 0.3 is 6.03 Å². The first-order valence-corrected chi connectivity index (χ1v) is 8.81. The number of carbonyl (C=O) groups excluding carboxylic acids is 1. The van der Waals surface area contributed by atoms with Gasteiger partial charge in [0.25, 0.3) is 0 Å². The zero-order valence-electron chi connectivity index (χ0n) is 14.9. The van der Waals surface area contributed by atoms with Gasteiger partial charge in [-0.1, -0.05) is 18.2 Å². The van der Waals surface area contributed by atoms with E-state index in [1.807, 2.05) is 12.1 Å². The average Bonchev–Trinajstić information content (AvgIpc) is 2.64. The molecule has 26 heavy (non-hydrogen) atoms. The Morgan fingerprint density at radius 3 is 2.73 bits per heavy atom. The summed E-state index contributed by atoms with van der Waals surface area (Å²) in [6, 6.07) is 13.8. The number of ether oxygens (including phenoxy) is 1. The summed E-state index contributed by atoms with van der Waals surface area (Å²) in [6.45, 7) is 2.18. The van der Waals surface area contributed by atoms with E-state index in [0.29, 0.717) is 24.3 Å². The molecule has 2 amide bonds. The third-order valence-corrected chi connectivity index (χ3v) is 4.54. The lowest BCUT2D eigenvalue weighted by atomic mass is 10.0. The molecule has 0 aliphatic carbocycles. The van der Waals surface area contributed by atoms with Crippen LogP contribution in [0.5, 0.6) is 5.75 Å². The lowest BCUT2D eigenvalue weighted by Crippen LogP contribution is -2.48. The highest BCUT2D eigenvalue weighted by atomic mass is 19.1. The Morgan fingerprint density at radius 1 is 1.23 bits per heavy atom. The van der Waals surface area contributed by atoms with Crippen molar-refractivity contribution in [1.29, 1.82) is 0 Å². The third-order valence-electron chi connectivity index (χ3n) is 4.54. The topological polar surface area (TPSA) is 53.6 Å². The Hall–Kier alpha value is -2.60. The van der Waals surface area contributed by atoms with Crippen LogP contribution in [0, 0.1) is 5.82 Å². The van der Waals surface area contributed by atoms with Crippen LogP contribution in [-0.4, -0.2) is 37.2 Å². The van der Waals surface area contributed by atoms with Crippen LogP contribution in [0.3, 0.4) is 0 Å². The van der Waals surface area contributed by atoms with E-state index in [1.54, 1.807) is 37.4 Å².